The van der Waals surface area contributed by atoms with Gasteiger partial charge in [0, 0.05) is 34.5 Å². The van der Waals surface area contributed by atoms with E-state index in [1.807, 2.05) is 0 Å². The normalized spacial score (nSPS) is 11.2. The van der Waals surface area contributed by atoms with Crippen LogP contribution in [0.15, 0.2) is 0 Å². The van der Waals surface area contributed by atoms with Crippen molar-refractivity contribution in [1.82, 2.24) is 0 Å². The van der Waals surface area contributed by atoms with Crippen molar-refractivity contribution in [3.05, 3.63) is 0 Å². The van der Waals surface area contributed by atoms with E-state index >= 15 is 0 Å². The van der Waals surface area contributed by atoms with Crippen LogP contribution in [0.3, 0.4) is 0 Å². The summed E-state index contributed by atoms with van der Waals surface area (Å²) in [6, 6.07) is 0. The van der Waals surface area contributed by atoms with E-state index in [1.54, 1.807) is 0 Å². The van der Waals surface area contributed by atoms with E-state index in [9.17, 15) is 0 Å². The predicted molar refractivity (Wildman–Crippen MR) is 118 cm³/mol. The monoisotopic (exact) mass is 382 g/mol. The molecule has 0 nitrogen and oxygen atoms in total. The van der Waals surface area contributed by atoms with Crippen LogP contribution in [0, 0.1) is 0 Å². The summed E-state index contributed by atoms with van der Waals surface area (Å²) in [5, 5.41) is 0. The van der Waals surface area contributed by atoms with Crippen molar-refractivity contribution in [3.63, 3.8) is 0 Å². The summed E-state index contributed by atoms with van der Waals surface area (Å²) < 4.78 is 0. The van der Waals surface area contributed by atoms with Crippen LogP contribution in [0.4, 0.5) is 0 Å². The number of thioether (sulfide) groups is 4. The Morgan fingerprint density at radius 2 is 0.682 bits per heavy atom. The standard InChI is InChI=1S/C18H38S4/c1-3-5-7-9-11-19-13-15-21-17-18-22-16-14-20-12-10-8-6-4-2/h3-18H2,1-2H3. The maximum Gasteiger partial charge on any atom is 0.00238 e. The second kappa shape index (κ2) is 22.4. The molecule has 0 aliphatic heterocycles. The summed E-state index contributed by atoms with van der Waals surface area (Å²) in [4.78, 5) is 0. The molecular formula is C18H38S4. The highest BCUT2D eigenvalue weighted by Gasteiger charge is 1.95. The van der Waals surface area contributed by atoms with Crippen LogP contribution in [0.25, 0.3) is 0 Å². The van der Waals surface area contributed by atoms with Gasteiger partial charge in [0.2, 0.25) is 0 Å². The molecule has 0 saturated heterocycles. The van der Waals surface area contributed by atoms with Gasteiger partial charge in [-0.2, -0.15) is 47.0 Å². The van der Waals surface area contributed by atoms with E-state index in [-0.39, 0.29) is 0 Å². The zero-order valence-electron chi connectivity index (χ0n) is 14.9. The molecule has 0 radical (unpaired) electrons. The van der Waals surface area contributed by atoms with Crippen LogP contribution in [-0.4, -0.2) is 46.0 Å². The Morgan fingerprint density at radius 3 is 1.00 bits per heavy atom. The van der Waals surface area contributed by atoms with Gasteiger partial charge in [0.25, 0.3) is 0 Å². The summed E-state index contributed by atoms with van der Waals surface area (Å²) in [5.41, 5.74) is 0. The van der Waals surface area contributed by atoms with Gasteiger partial charge in [-0.15, -0.1) is 0 Å². The van der Waals surface area contributed by atoms with Gasteiger partial charge in [0.1, 0.15) is 0 Å². The van der Waals surface area contributed by atoms with Crippen molar-refractivity contribution in [1.29, 1.82) is 0 Å². The van der Waals surface area contributed by atoms with Gasteiger partial charge in [0.15, 0.2) is 0 Å². The molecule has 134 valence electrons. The molecule has 0 N–H and O–H groups in total. The van der Waals surface area contributed by atoms with Crippen molar-refractivity contribution in [2.45, 2.75) is 65.2 Å². The molecular weight excluding hydrogens is 344 g/mol. The van der Waals surface area contributed by atoms with Crippen molar-refractivity contribution < 1.29 is 0 Å². The lowest BCUT2D eigenvalue weighted by molar-refractivity contribution is 0.706. The van der Waals surface area contributed by atoms with E-state index in [0.717, 1.165) is 0 Å². The van der Waals surface area contributed by atoms with Crippen molar-refractivity contribution in [2.24, 2.45) is 0 Å². The zero-order chi connectivity index (χ0) is 16.1. The molecule has 4 heteroatoms. The zero-order valence-corrected chi connectivity index (χ0v) is 18.2. The lowest BCUT2D eigenvalue weighted by Crippen LogP contribution is -1.93. The molecule has 0 aromatic rings. The van der Waals surface area contributed by atoms with E-state index < -0.39 is 0 Å². The molecule has 0 fully saturated rings. The molecule has 0 spiro atoms. The minimum atomic E-state index is 1.35. The fourth-order valence-corrected chi connectivity index (χ4v) is 6.49. The van der Waals surface area contributed by atoms with Crippen LogP contribution < -0.4 is 0 Å². The molecule has 0 heterocycles. The van der Waals surface area contributed by atoms with E-state index in [4.69, 9.17) is 0 Å². The topological polar surface area (TPSA) is 0 Å². The summed E-state index contributed by atoms with van der Waals surface area (Å²) >= 11 is 8.61. The molecule has 0 atom stereocenters. The first kappa shape index (κ1) is 23.4. The van der Waals surface area contributed by atoms with Gasteiger partial charge < -0.3 is 0 Å². The smallest absolute Gasteiger partial charge is 0.00238 e. The first-order valence-electron chi connectivity index (χ1n) is 9.22. The first-order chi connectivity index (χ1) is 10.9. The van der Waals surface area contributed by atoms with Crippen LogP contribution in [0.1, 0.15) is 65.2 Å². The number of unbranched alkanes of at least 4 members (excludes halogenated alkanes) is 6. The van der Waals surface area contributed by atoms with Gasteiger partial charge in [0.05, 0.1) is 0 Å². The first-order valence-corrected chi connectivity index (χ1v) is 13.8. The molecule has 0 aliphatic rings. The summed E-state index contributed by atoms with van der Waals surface area (Å²) in [6.45, 7) is 4.57. The van der Waals surface area contributed by atoms with Crippen LogP contribution in [0.2, 0.25) is 0 Å². The number of rotatable bonds is 19. The van der Waals surface area contributed by atoms with Crippen LogP contribution in [0.5, 0.6) is 0 Å². The van der Waals surface area contributed by atoms with E-state index in [1.165, 1.54) is 97.4 Å². The number of hydrogen-bond donors (Lipinski definition) is 0. The highest BCUT2D eigenvalue weighted by Crippen LogP contribution is 2.14. The third-order valence-electron chi connectivity index (χ3n) is 3.40. The van der Waals surface area contributed by atoms with Gasteiger partial charge >= 0.3 is 0 Å². The highest BCUT2D eigenvalue weighted by molar-refractivity contribution is 8.05. The third-order valence-corrected chi connectivity index (χ3v) is 8.29. The highest BCUT2D eigenvalue weighted by atomic mass is 32.2. The lowest BCUT2D eigenvalue weighted by Gasteiger charge is -2.03. The molecule has 0 amide bonds. The molecule has 0 saturated carbocycles. The molecule has 0 aromatic heterocycles. The largest absolute Gasteiger partial charge is 0.161 e. The Labute approximate surface area is 157 Å². The fourth-order valence-electron chi connectivity index (χ4n) is 2.02. The summed E-state index contributed by atoms with van der Waals surface area (Å²) in [5.74, 6) is 10.9. The van der Waals surface area contributed by atoms with Gasteiger partial charge in [-0.1, -0.05) is 52.4 Å². The minimum Gasteiger partial charge on any atom is -0.161 e. The Kier molecular flexibility index (Phi) is 23.8. The van der Waals surface area contributed by atoms with Crippen molar-refractivity contribution in [3.8, 4) is 0 Å². The second-order valence-corrected chi connectivity index (χ2v) is 10.5. The Morgan fingerprint density at radius 1 is 0.364 bits per heavy atom. The summed E-state index contributed by atoms with van der Waals surface area (Å²) in [7, 11) is 0. The molecule has 0 rings (SSSR count). The van der Waals surface area contributed by atoms with Crippen LogP contribution in [-0.2, 0) is 0 Å². The minimum absolute atomic E-state index is 1.35. The Balaban J connectivity index is 2.91. The average Bonchev–Trinajstić information content (AvgIpc) is 2.54. The number of hydrogen-bond acceptors (Lipinski definition) is 4. The Bertz CT molecular complexity index is 168. The molecule has 0 unspecified atom stereocenters. The van der Waals surface area contributed by atoms with Crippen LogP contribution >= 0.6 is 47.0 Å². The van der Waals surface area contributed by atoms with E-state index in [0.29, 0.717) is 0 Å². The summed E-state index contributed by atoms with van der Waals surface area (Å²) in [6.07, 6.45) is 11.3. The van der Waals surface area contributed by atoms with Gasteiger partial charge in [-0.3, -0.25) is 0 Å². The van der Waals surface area contributed by atoms with E-state index in [2.05, 4.69) is 60.9 Å². The molecule has 22 heavy (non-hydrogen) atoms. The predicted octanol–water partition coefficient (Wildman–Crippen LogP) is 7.08. The Hall–Kier alpha value is 1.40. The maximum absolute atomic E-state index is 2.29. The molecule has 0 aromatic carbocycles. The molecule has 0 aliphatic carbocycles. The van der Waals surface area contributed by atoms with Gasteiger partial charge in [-0.05, 0) is 24.3 Å². The maximum atomic E-state index is 2.29. The quantitative estimate of drug-likeness (QED) is 0.219. The average molecular weight is 383 g/mol. The van der Waals surface area contributed by atoms with Gasteiger partial charge in [-0.25, -0.2) is 0 Å². The van der Waals surface area contributed by atoms with Crippen molar-refractivity contribution >= 4 is 47.0 Å². The second-order valence-electron chi connectivity index (χ2n) is 5.57. The SMILES string of the molecule is CCCCCCSCCSCCSCCSCCCCCC. The fraction of sp³-hybridized carbons (Fsp3) is 1.00. The lowest BCUT2D eigenvalue weighted by atomic mass is 10.2. The molecule has 0 bridgehead atoms. The third kappa shape index (κ3) is 21.4. The van der Waals surface area contributed by atoms with Crippen molar-refractivity contribution in [2.75, 3.05) is 46.0 Å².